The van der Waals surface area contributed by atoms with E-state index in [-0.39, 0.29) is 0 Å². The lowest BCUT2D eigenvalue weighted by Gasteiger charge is -2.10. The van der Waals surface area contributed by atoms with E-state index in [1.807, 2.05) is 73.7 Å². The Morgan fingerprint density at radius 3 is 2.27 bits per heavy atom. The van der Waals surface area contributed by atoms with Gasteiger partial charge in [-0.05, 0) is 62.1 Å². The molecule has 0 saturated carbocycles. The third kappa shape index (κ3) is 3.96. The fourth-order valence-electron chi connectivity index (χ4n) is 3.56. The van der Waals surface area contributed by atoms with Crippen molar-refractivity contribution in [1.82, 2.24) is 4.57 Å². The van der Waals surface area contributed by atoms with E-state index in [1.54, 1.807) is 0 Å². The van der Waals surface area contributed by atoms with Crippen molar-refractivity contribution < 1.29 is 9.63 Å². The molecule has 0 radical (unpaired) electrons. The van der Waals surface area contributed by atoms with Gasteiger partial charge in [0.15, 0.2) is 0 Å². The number of nitrogens with zero attached hydrogens (tertiary/aromatic N) is 2. The van der Waals surface area contributed by atoms with E-state index >= 15 is 0 Å². The van der Waals surface area contributed by atoms with Crippen LogP contribution in [0.2, 0.25) is 0 Å². The molecular weight excluding hydrogens is 374 g/mol. The second-order valence-corrected chi connectivity index (χ2v) is 7.21. The average molecular weight is 397 g/mol. The molecule has 5 heteroatoms. The zero-order chi connectivity index (χ0) is 21.1. The molecule has 0 saturated heterocycles. The van der Waals surface area contributed by atoms with Crippen molar-refractivity contribution in [3.8, 4) is 5.69 Å². The zero-order valence-corrected chi connectivity index (χ0v) is 17.2. The van der Waals surface area contributed by atoms with Crippen molar-refractivity contribution in [2.75, 3.05) is 5.32 Å². The SMILES string of the molecule is C/C(=N\OC(=O)Nc1cccc2ccccc12)c1ccc(-n2c(C)ccc2C)cc1. The first-order chi connectivity index (χ1) is 14.5. The second kappa shape index (κ2) is 8.25. The van der Waals surface area contributed by atoms with Crippen LogP contribution in [0.1, 0.15) is 23.9 Å². The highest BCUT2D eigenvalue weighted by molar-refractivity contribution is 6.01. The van der Waals surface area contributed by atoms with Gasteiger partial charge in [-0.15, -0.1) is 0 Å². The normalized spacial score (nSPS) is 11.5. The van der Waals surface area contributed by atoms with Crippen LogP contribution in [-0.2, 0) is 4.84 Å². The number of anilines is 1. The van der Waals surface area contributed by atoms with Crippen LogP contribution in [0, 0.1) is 13.8 Å². The number of oxime groups is 1. The number of carbonyl (C=O) groups is 1. The number of hydrogen-bond donors (Lipinski definition) is 1. The zero-order valence-electron chi connectivity index (χ0n) is 17.2. The molecule has 30 heavy (non-hydrogen) atoms. The van der Waals surface area contributed by atoms with E-state index in [1.165, 1.54) is 11.4 Å². The molecule has 0 aliphatic rings. The third-order valence-electron chi connectivity index (χ3n) is 5.11. The smallest absolute Gasteiger partial charge is 0.319 e. The first-order valence-corrected chi connectivity index (χ1v) is 9.79. The molecule has 0 spiro atoms. The minimum absolute atomic E-state index is 0.621. The number of aryl methyl sites for hydroxylation is 2. The molecule has 0 fully saturated rings. The monoisotopic (exact) mass is 397 g/mol. The molecule has 0 unspecified atom stereocenters. The van der Waals surface area contributed by atoms with Crippen LogP contribution in [-0.4, -0.2) is 16.4 Å². The summed E-state index contributed by atoms with van der Waals surface area (Å²) in [5.74, 6) is 0. The van der Waals surface area contributed by atoms with Crippen molar-refractivity contribution in [3.05, 3.63) is 95.8 Å². The number of nitrogens with one attached hydrogen (secondary N) is 1. The lowest BCUT2D eigenvalue weighted by atomic mass is 10.1. The summed E-state index contributed by atoms with van der Waals surface area (Å²) in [5, 5.41) is 8.75. The van der Waals surface area contributed by atoms with Gasteiger partial charge in [-0.2, -0.15) is 0 Å². The van der Waals surface area contributed by atoms with Crippen LogP contribution in [0.5, 0.6) is 0 Å². The number of carbonyl (C=O) groups excluding carboxylic acids is 1. The lowest BCUT2D eigenvalue weighted by molar-refractivity contribution is 0.166. The molecule has 0 aliphatic carbocycles. The molecule has 1 aromatic heterocycles. The summed E-state index contributed by atoms with van der Waals surface area (Å²) in [6, 6.07) is 25.8. The van der Waals surface area contributed by atoms with Crippen LogP contribution in [0.25, 0.3) is 16.5 Å². The van der Waals surface area contributed by atoms with Crippen LogP contribution < -0.4 is 5.32 Å². The van der Waals surface area contributed by atoms with E-state index in [2.05, 4.69) is 41.0 Å². The minimum Gasteiger partial charge on any atom is -0.319 e. The maximum atomic E-state index is 12.2. The Balaban J connectivity index is 1.45. The topological polar surface area (TPSA) is 55.6 Å². The summed E-state index contributed by atoms with van der Waals surface area (Å²) in [4.78, 5) is 17.3. The van der Waals surface area contributed by atoms with Crippen molar-refractivity contribution in [2.24, 2.45) is 5.16 Å². The quantitative estimate of drug-likeness (QED) is 0.252. The largest absolute Gasteiger partial charge is 0.437 e. The molecule has 4 aromatic rings. The Kier molecular flexibility index (Phi) is 5.35. The first kappa shape index (κ1) is 19.5. The molecule has 0 bridgehead atoms. The first-order valence-electron chi connectivity index (χ1n) is 9.79. The van der Waals surface area contributed by atoms with E-state index in [0.717, 1.165) is 22.0 Å². The summed E-state index contributed by atoms with van der Waals surface area (Å²) in [7, 11) is 0. The van der Waals surface area contributed by atoms with E-state index < -0.39 is 6.09 Å². The fraction of sp³-hybridized carbons (Fsp3) is 0.120. The molecule has 150 valence electrons. The number of rotatable bonds is 4. The molecule has 1 heterocycles. The molecule has 3 aromatic carbocycles. The Labute approximate surface area is 175 Å². The Hall–Kier alpha value is -3.86. The van der Waals surface area contributed by atoms with E-state index in [9.17, 15) is 4.79 Å². The van der Waals surface area contributed by atoms with E-state index in [4.69, 9.17) is 4.84 Å². The summed E-state index contributed by atoms with van der Waals surface area (Å²) < 4.78 is 2.18. The van der Waals surface area contributed by atoms with Crippen LogP contribution >= 0.6 is 0 Å². The van der Waals surface area contributed by atoms with Gasteiger partial charge >= 0.3 is 6.09 Å². The molecule has 1 amide bonds. The highest BCUT2D eigenvalue weighted by Crippen LogP contribution is 2.23. The van der Waals surface area contributed by atoms with Crippen LogP contribution in [0.3, 0.4) is 0 Å². The molecule has 4 rings (SSSR count). The summed E-state index contributed by atoms with van der Waals surface area (Å²) in [6.45, 7) is 5.97. The molecule has 0 aliphatic heterocycles. The summed E-state index contributed by atoms with van der Waals surface area (Å²) in [6.07, 6.45) is -0.624. The van der Waals surface area contributed by atoms with E-state index in [0.29, 0.717) is 11.4 Å². The highest BCUT2D eigenvalue weighted by Gasteiger charge is 2.08. The molecule has 0 atom stereocenters. The van der Waals surface area contributed by atoms with Gasteiger partial charge in [-0.3, -0.25) is 10.2 Å². The second-order valence-electron chi connectivity index (χ2n) is 7.21. The number of benzene rings is 3. The molecule has 5 nitrogen and oxygen atoms in total. The maximum Gasteiger partial charge on any atom is 0.437 e. The summed E-state index contributed by atoms with van der Waals surface area (Å²) >= 11 is 0. The molecule has 1 N–H and O–H groups in total. The van der Waals surface area contributed by atoms with Gasteiger partial charge in [0.1, 0.15) is 0 Å². The Morgan fingerprint density at radius 2 is 1.53 bits per heavy atom. The molecular formula is C25H23N3O2. The van der Waals surface area contributed by atoms with Gasteiger partial charge in [-0.1, -0.05) is 53.7 Å². The average Bonchev–Trinajstić information content (AvgIpc) is 3.10. The number of aromatic nitrogens is 1. The standard InChI is InChI=1S/C25H23N3O2/c1-17-11-12-18(2)28(17)22-15-13-20(14-16-22)19(3)27-30-25(29)26-24-10-6-8-21-7-4-5-9-23(21)24/h4-16H,1-3H3,(H,26,29)/b27-19+. The van der Waals surface area contributed by atoms with Gasteiger partial charge in [0, 0.05) is 22.5 Å². The van der Waals surface area contributed by atoms with Crippen molar-refractivity contribution in [3.63, 3.8) is 0 Å². The van der Waals surface area contributed by atoms with Crippen molar-refractivity contribution >= 4 is 28.3 Å². The predicted molar refractivity (Wildman–Crippen MR) is 122 cm³/mol. The van der Waals surface area contributed by atoms with Gasteiger partial charge in [-0.25, -0.2) is 4.79 Å². The van der Waals surface area contributed by atoms with Crippen molar-refractivity contribution in [1.29, 1.82) is 0 Å². The minimum atomic E-state index is -0.624. The van der Waals surface area contributed by atoms with Gasteiger partial charge in [0.2, 0.25) is 0 Å². The van der Waals surface area contributed by atoms with Gasteiger partial charge < -0.3 is 4.57 Å². The predicted octanol–water partition coefficient (Wildman–Crippen LogP) is 6.22. The maximum absolute atomic E-state index is 12.2. The number of amides is 1. The van der Waals surface area contributed by atoms with Gasteiger partial charge in [0.25, 0.3) is 0 Å². The number of hydrogen-bond acceptors (Lipinski definition) is 3. The Bertz CT molecular complexity index is 1210. The third-order valence-corrected chi connectivity index (χ3v) is 5.11. The van der Waals surface area contributed by atoms with Crippen molar-refractivity contribution in [2.45, 2.75) is 20.8 Å². The fourth-order valence-corrected chi connectivity index (χ4v) is 3.56. The van der Waals surface area contributed by atoms with Gasteiger partial charge in [0.05, 0.1) is 11.4 Å². The lowest BCUT2D eigenvalue weighted by Crippen LogP contribution is -2.12. The van der Waals surface area contributed by atoms with Crippen LogP contribution in [0.15, 0.2) is 84.0 Å². The Morgan fingerprint density at radius 1 is 0.867 bits per heavy atom. The number of fused-ring (bicyclic) bond motifs is 1. The highest BCUT2D eigenvalue weighted by atomic mass is 16.7. The summed E-state index contributed by atoms with van der Waals surface area (Å²) in [5.41, 5.74) is 5.64. The van der Waals surface area contributed by atoms with Crippen LogP contribution in [0.4, 0.5) is 10.5 Å².